The zero-order valence-electron chi connectivity index (χ0n) is 20.9. The summed E-state index contributed by atoms with van der Waals surface area (Å²) < 4.78 is 0. The van der Waals surface area contributed by atoms with Crippen LogP contribution in [0.2, 0.25) is 15.1 Å². The summed E-state index contributed by atoms with van der Waals surface area (Å²) in [7, 11) is 0. The van der Waals surface area contributed by atoms with Gasteiger partial charge in [0, 0.05) is 39.8 Å². The van der Waals surface area contributed by atoms with Crippen molar-refractivity contribution in [3.05, 3.63) is 105 Å². The first-order valence-corrected chi connectivity index (χ1v) is 14.5. The highest BCUT2D eigenvalue weighted by Gasteiger charge is 2.31. The molecule has 0 spiro atoms. The fourth-order valence-electron chi connectivity index (χ4n) is 3.78. The van der Waals surface area contributed by atoms with Gasteiger partial charge in [0.05, 0.1) is 5.75 Å². The molecule has 0 heterocycles. The Hall–Kier alpha value is -2.18. The Balaban J connectivity index is 1.87. The highest BCUT2D eigenvalue weighted by atomic mass is 35.5. The number of halogens is 3. The number of hydrogen-bond donors (Lipinski definition) is 1. The second-order valence-electron chi connectivity index (χ2n) is 8.86. The van der Waals surface area contributed by atoms with E-state index < -0.39 is 6.04 Å². The van der Waals surface area contributed by atoms with Crippen LogP contribution in [0.1, 0.15) is 37.0 Å². The number of hydrogen-bond acceptors (Lipinski definition) is 3. The van der Waals surface area contributed by atoms with Crippen molar-refractivity contribution in [3.63, 3.8) is 0 Å². The van der Waals surface area contributed by atoms with Crippen LogP contribution in [-0.4, -0.2) is 34.6 Å². The number of rotatable bonds is 12. The van der Waals surface area contributed by atoms with Gasteiger partial charge in [-0.3, -0.25) is 9.59 Å². The third-order valence-electron chi connectivity index (χ3n) is 6.07. The SMILES string of the molecule is CC[C@@H](C)NC(=O)[C@@H](Cc1ccccc1)N(Cc1ccc(Cl)cc1)C(=O)CSCc1c(Cl)cccc1Cl. The van der Waals surface area contributed by atoms with Crippen LogP contribution in [-0.2, 0) is 28.3 Å². The fraction of sp³-hybridized carbons (Fsp3) is 0.310. The van der Waals surface area contributed by atoms with Crippen LogP contribution in [0.4, 0.5) is 0 Å². The molecule has 0 aliphatic carbocycles. The smallest absolute Gasteiger partial charge is 0.243 e. The van der Waals surface area contributed by atoms with Gasteiger partial charge >= 0.3 is 0 Å². The predicted molar refractivity (Wildman–Crippen MR) is 156 cm³/mol. The van der Waals surface area contributed by atoms with E-state index in [-0.39, 0.29) is 30.2 Å². The molecule has 0 aliphatic heterocycles. The van der Waals surface area contributed by atoms with E-state index in [1.807, 2.05) is 56.3 Å². The third-order valence-corrected chi connectivity index (χ3v) is 7.98. The van der Waals surface area contributed by atoms with Gasteiger partial charge in [-0.05, 0) is 54.3 Å². The van der Waals surface area contributed by atoms with Gasteiger partial charge in [0.25, 0.3) is 0 Å². The summed E-state index contributed by atoms with van der Waals surface area (Å²) in [5, 5.41) is 4.84. The van der Waals surface area contributed by atoms with Crippen LogP contribution in [0.5, 0.6) is 0 Å². The molecule has 37 heavy (non-hydrogen) atoms. The largest absolute Gasteiger partial charge is 0.352 e. The van der Waals surface area contributed by atoms with Gasteiger partial charge in [0.2, 0.25) is 11.8 Å². The maximum atomic E-state index is 13.7. The quantitative estimate of drug-likeness (QED) is 0.243. The standard InChI is InChI=1S/C29H31Cl3N2O2S/c1-3-20(2)33-29(36)27(16-21-8-5-4-6-9-21)34(17-22-12-14-23(30)15-13-22)28(35)19-37-18-24-25(31)10-7-11-26(24)32/h4-15,20,27H,3,16-19H2,1-2H3,(H,33,36)/t20-,27-/m1/s1. The van der Waals surface area contributed by atoms with E-state index >= 15 is 0 Å². The lowest BCUT2D eigenvalue weighted by Gasteiger charge is -2.32. The molecule has 0 bridgehead atoms. The first-order chi connectivity index (χ1) is 17.8. The fourth-order valence-corrected chi connectivity index (χ4v) is 5.55. The van der Waals surface area contributed by atoms with Gasteiger partial charge in [0.1, 0.15) is 6.04 Å². The topological polar surface area (TPSA) is 49.4 Å². The molecule has 3 rings (SSSR count). The van der Waals surface area contributed by atoms with Gasteiger partial charge in [-0.15, -0.1) is 11.8 Å². The van der Waals surface area contributed by atoms with Gasteiger partial charge in [-0.2, -0.15) is 0 Å². The number of carbonyl (C=O) groups excluding carboxylic acids is 2. The summed E-state index contributed by atoms with van der Waals surface area (Å²) in [5.41, 5.74) is 2.67. The lowest BCUT2D eigenvalue weighted by molar-refractivity contribution is -0.139. The zero-order chi connectivity index (χ0) is 26.8. The lowest BCUT2D eigenvalue weighted by Crippen LogP contribution is -2.52. The monoisotopic (exact) mass is 576 g/mol. The number of nitrogens with zero attached hydrogens (tertiary/aromatic N) is 1. The van der Waals surface area contributed by atoms with Crippen LogP contribution in [0.15, 0.2) is 72.8 Å². The molecule has 3 aromatic carbocycles. The van der Waals surface area contributed by atoms with Crippen LogP contribution in [0.25, 0.3) is 0 Å². The average Bonchev–Trinajstić information content (AvgIpc) is 2.89. The molecule has 2 amide bonds. The maximum Gasteiger partial charge on any atom is 0.243 e. The normalized spacial score (nSPS) is 12.6. The van der Waals surface area contributed by atoms with E-state index in [1.54, 1.807) is 35.2 Å². The van der Waals surface area contributed by atoms with E-state index in [2.05, 4.69) is 5.32 Å². The maximum absolute atomic E-state index is 13.7. The van der Waals surface area contributed by atoms with Crippen molar-refractivity contribution in [1.29, 1.82) is 0 Å². The van der Waals surface area contributed by atoms with Crippen molar-refractivity contribution in [2.45, 2.75) is 51.1 Å². The molecule has 8 heteroatoms. The molecule has 4 nitrogen and oxygen atoms in total. The molecule has 0 fully saturated rings. The van der Waals surface area contributed by atoms with Crippen LogP contribution >= 0.6 is 46.6 Å². The van der Waals surface area contributed by atoms with Crippen LogP contribution in [0, 0.1) is 0 Å². The lowest BCUT2D eigenvalue weighted by atomic mass is 10.0. The molecule has 0 aliphatic rings. The Morgan fingerprint density at radius 3 is 2.16 bits per heavy atom. The van der Waals surface area contributed by atoms with Crippen molar-refractivity contribution < 1.29 is 9.59 Å². The number of benzene rings is 3. The summed E-state index contributed by atoms with van der Waals surface area (Å²) >= 11 is 20.1. The molecule has 0 saturated carbocycles. The molecule has 0 aromatic heterocycles. The van der Waals surface area contributed by atoms with Crippen molar-refractivity contribution in [2.75, 3.05) is 5.75 Å². The van der Waals surface area contributed by atoms with E-state index in [1.165, 1.54) is 11.8 Å². The summed E-state index contributed by atoms with van der Waals surface area (Å²) in [6.07, 6.45) is 1.20. The minimum atomic E-state index is -0.677. The van der Waals surface area contributed by atoms with Gasteiger partial charge in [-0.25, -0.2) is 0 Å². The molecule has 3 aromatic rings. The van der Waals surface area contributed by atoms with E-state index in [4.69, 9.17) is 34.8 Å². The molecule has 2 atom stereocenters. The number of thioether (sulfide) groups is 1. The number of amides is 2. The van der Waals surface area contributed by atoms with Crippen molar-refractivity contribution >= 4 is 58.4 Å². The van der Waals surface area contributed by atoms with Crippen LogP contribution < -0.4 is 5.32 Å². The molecule has 0 unspecified atom stereocenters. The Kier molecular flexibility index (Phi) is 11.7. The molecule has 0 radical (unpaired) electrons. The van der Waals surface area contributed by atoms with Gasteiger partial charge in [-0.1, -0.05) is 90.3 Å². The van der Waals surface area contributed by atoms with Crippen molar-refractivity contribution in [1.82, 2.24) is 10.2 Å². The first-order valence-electron chi connectivity index (χ1n) is 12.2. The summed E-state index contributed by atoms with van der Waals surface area (Å²) in [5.74, 6) is 0.362. The second kappa shape index (κ2) is 14.7. The van der Waals surface area contributed by atoms with Gasteiger partial charge < -0.3 is 10.2 Å². The third kappa shape index (κ3) is 8.96. The van der Waals surface area contributed by atoms with E-state index in [9.17, 15) is 9.59 Å². The first kappa shape index (κ1) is 29.4. The number of nitrogens with one attached hydrogen (secondary N) is 1. The van der Waals surface area contributed by atoms with E-state index in [0.29, 0.717) is 27.2 Å². The Morgan fingerprint density at radius 1 is 0.892 bits per heavy atom. The second-order valence-corrected chi connectivity index (χ2v) is 11.1. The Bertz CT molecular complexity index is 1160. The highest BCUT2D eigenvalue weighted by Crippen LogP contribution is 2.28. The minimum Gasteiger partial charge on any atom is -0.352 e. The van der Waals surface area contributed by atoms with E-state index in [0.717, 1.165) is 23.1 Å². The summed E-state index contributed by atoms with van der Waals surface area (Å²) in [6, 6.07) is 21.8. The van der Waals surface area contributed by atoms with Gasteiger partial charge in [0.15, 0.2) is 0 Å². The molecule has 0 saturated heterocycles. The summed E-state index contributed by atoms with van der Waals surface area (Å²) in [4.78, 5) is 28.9. The zero-order valence-corrected chi connectivity index (χ0v) is 24.0. The van der Waals surface area contributed by atoms with Crippen molar-refractivity contribution in [2.24, 2.45) is 0 Å². The molecular weight excluding hydrogens is 547 g/mol. The van der Waals surface area contributed by atoms with Crippen LogP contribution in [0.3, 0.4) is 0 Å². The minimum absolute atomic E-state index is 0.00463. The highest BCUT2D eigenvalue weighted by molar-refractivity contribution is 7.99. The molecule has 1 N–H and O–H groups in total. The average molecular weight is 578 g/mol. The Morgan fingerprint density at radius 2 is 1.54 bits per heavy atom. The molecular formula is C29H31Cl3N2O2S. The van der Waals surface area contributed by atoms with Crippen molar-refractivity contribution in [3.8, 4) is 0 Å². The number of carbonyl (C=O) groups is 2. The summed E-state index contributed by atoms with van der Waals surface area (Å²) in [6.45, 7) is 4.27. The molecule has 196 valence electrons. The Labute approximate surface area is 238 Å². The predicted octanol–water partition coefficient (Wildman–Crippen LogP) is 7.43.